The molecule has 0 radical (unpaired) electrons. The maximum atomic E-state index is 11.5. The van der Waals surface area contributed by atoms with E-state index >= 15 is 0 Å². The highest BCUT2D eigenvalue weighted by atomic mass is 16.5. The van der Waals surface area contributed by atoms with Gasteiger partial charge in [0.1, 0.15) is 11.5 Å². The fourth-order valence-electron chi connectivity index (χ4n) is 1.51. The minimum Gasteiger partial charge on any atom is -0.497 e. The predicted molar refractivity (Wildman–Crippen MR) is 62.6 cm³/mol. The molecular weight excluding hydrogens is 220 g/mol. The summed E-state index contributed by atoms with van der Waals surface area (Å²) in [5.41, 5.74) is 0.442. The van der Waals surface area contributed by atoms with Crippen molar-refractivity contribution in [3.8, 4) is 11.5 Å². The van der Waals surface area contributed by atoms with Crippen LogP contribution in [-0.4, -0.2) is 26.8 Å². The highest BCUT2D eigenvalue weighted by Gasteiger charge is 2.22. The quantitative estimate of drug-likeness (QED) is 0.736. The molecule has 17 heavy (non-hydrogen) atoms. The first-order valence-corrected chi connectivity index (χ1v) is 5.63. The van der Waals surface area contributed by atoms with Gasteiger partial charge in [0.15, 0.2) is 0 Å². The lowest BCUT2D eigenvalue weighted by molar-refractivity contribution is 0.0599. The number of hydrogen-bond acceptors (Lipinski definition) is 4. The molecular formula is C13H16O4. The SMILES string of the molecule is COC(=O)c1cc(OC)cc(OCC2CC2)c1. The van der Waals surface area contributed by atoms with Gasteiger partial charge in [-0.2, -0.15) is 0 Å². The molecule has 1 fully saturated rings. The Morgan fingerprint density at radius 2 is 1.94 bits per heavy atom. The van der Waals surface area contributed by atoms with Gasteiger partial charge in [-0.15, -0.1) is 0 Å². The number of carbonyl (C=O) groups excluding carboxylic acids is 1. The van der Waals surface area contributed by atoms with Crippen LogP contribution in [0.3, 0.4) is 0 Å². The molecule has 1 saturated carbocycles. The summed E-state index contributed by atoms with van der Waals surface area (Å²) < 4.78 is 15.4. The van der Waals surface area contributed by atoms with E-state index in [1.807, 2.05) is 0 Å². The molecule has 0 spiro atoms. The van der Waals surface area contributed by atoms with Crippen molar-refractivity contribution in [1.29, 1.82) is 0 Å². The number of methoxy groups -OCH3 is 2. The fourth-order valence-corrected chi connectivity index (χ4v) is 1.51. The highest BCUT2D eigenvalue weighted by molar-refractivity contribution is 5.90. The van der Waals surface area contributed by atoms with Crippen LogP contribution in [-0.2, 0) is 4.74 Å². The monoisotopic (exact) mass is 236 g/mol. The lowest BCUT2D eigenvalue weighted by Gasteiger charge is -2.09. The van der Waals surface area contributed by atoms with Gasteiger partial charge in [0, 0.05) is 6.07 Å². The minimum absolute atomic E-state index is 0.389. The molecule has 0 aromatic heterocycles. The van der Waals surface area contributed by atoms with Crippen LogP contribution in [0.4, 0.5) is 0 Å². The average Bonchev–Trinajstić information content (AvgIpc) is 3.19. The maximum Gasteiger partial charge on any atom is 0.338 e. The van der Waals surface area contributed by atoms with Crippen LogP contribution >= 0.6 is 0 Å². The summed E-state index contributed by atoms with van der Waals surface area (Å²) in [7, 11) is 2.91. The summed E-state index contributed by atoms with van der Waals surface area (Å²) in [6.45, 7) is 0.702. The number of rotatable bonds is 5. The van der Waals surface area contributed by atoms with Gasteiger partial charge in [0.05, 0.1) is 26.4 Å². The maximum absolute atomic E-state index is 11.5. The number of hydrogen-bond donors (Lipinski definition) is 0. The molecule has 4 heteroatoms. The second-order valence-corrected chi connectivity index (χ2v) is 4.14. The molecule has 4 nitrogen and oxygen atoms in total. The first-order valence-electron chi connectivity index (χ1n) is 5.63. The van der Waals surface area contributed by atoms with E-state index in [2.05, 4.69) is 4.74 Å². The zero-order chi connectivity index (χ0) is 12.3. The number of carbonyl (C=O) groups is 1. The molecule has 92 valence electrons. The average molecular weight is 236 g/mol. The summed E-state index contributed by atoms with van der Waals surface area (Å²) in [5, 5.41) is 0. The Hall–Kier alpha value is -1.71. The standard InChI is InChI=1S/C13H16O4/c1-15-11-5-10(13(14)16-2)6-12(7-11)17-8-9-3-4-9/h5-7,9H,3-4,8H2,1-2H3. The molecule has 1 aromatic rings. The molecule has 0 amide bonds. The molecule has 1 aliphatic rings. The Labute approximate surface area is 100 Å². The van der Waals surface area contributed by atoms with Gasteiger partial charge in [-0.05, 0) is 30.9 Å². The second-order valence-electron chi connectivity index (χ2n) is 4.14. The summed E-state index contributed by atoms with van der Waals surface area (Å²) in [4.78, 5) is 11.5. The molecule has 0 atom stereocenters. The summed E-state index contributed by atoms with van der Waals surface area (Å²) in [6.07, 6.45) is 2.46. The summed E-state index contributed by atoms with van der Waals surface area (Å²) >= 11 is 0. The van der Waals surface area contributed by atoms with Crippen LogP contribution in [0.1, 0.15) is 23.2 Å². The van der Waals surface area contributed by atoms with Crippen LogP contribution in [0.15, 0.2) is 18.2 Å². The molecule has 0 unspecified atom stereocenters. The van der Waals surface area contributed by atoms with E-state index in [0.29, 0.717) is 29.6 Å². The van der Waals surface area contributed by atoms with E-state index in [-0.39, 0.29) is 5.97 Å². The van der Waals surface area contributed by atoms with Crippen molar-refractivity contribution in [1.82, 2.24) is 0 Å². The van der Waals surface area contributed by atoms with Crippen molar-refractivity contribution in [3.05, 3.63) is 23.8 Å². The Morgan fingerprint density at radius 3 is 2.53 bits per heavy atom. The van der Waals surface area contributed by atoms with Gasteiger partial charge in [-0.1, -0.05) is 0 Å². The normalized spacial score (nSPS) is 14.2. The molecule has 1 aromatic carbocycles. The first-order chi connectivity index (χ1) is 8.22. The largest absolute Gasteiger partial charge is 0.497 e. The number of benzene rings is 1. The molecule has 2 rings (SSSR count). The van der Waals surface area contributed by atoms with Crippen molar-refractivity contribution < 1.29 is 19.0 Å². The van der Waals surface area contributed by atoms with Crippen LogP contribution in [0, 0.1) is 5.92 Å². The zero-order valence-corrected chi connectivity index (χ0v) is 10.1. The van der Waals surface area contributed by atoms with Gasteiger partial charge >= 0.3 is 5.97 Å². The van der Waals surface area contributed by atoms with E-state index in [1.54, 1.807) is 25.3 Å². The third kappa shape index (κ3) is 3.12. The van der Waals surface area contributed by atoms with Crippen molar-refractivity contribution in [2.45, 2.75) is 12.8 Å². The van der Waals surface area contributed by atoms with Gasteiger partial charge < -0.3 is 14.2 Å². The molecule has 1 aliphatic carbocycles. The van der Waals surface area contributed by atoms with Gasteiger partial charge in [-0.3, -0.25) is 0 Å². The van der Waals surface area contributed by atoms with E-state index in [9.17, 15) is 4.79 Å². The Bertz CT molecular complexity index is 410. The van der Waals surface area contributed by atoms with Gasteiger partial charge in [0.2, 0.25) is 0 Å². The predicted octanol–water partition coefficient (Wildman–Crippen LogP) is 2.27. The Balaban J connectivity index is 2.14. The third-order valence-corrected chi connectivity index (χ3v) is 2.72. The smallest absolute Gasteiger partial charge is 0.338 e. The van der Waals surface area contributed by atoms with Crippen LogP contribution in [0.25, 0.3) is 0 Å². The highest BCUT2D eigenvalue weighted by Crippen LogP contribution is 2.30. The lowest BCUT2D eigenvalue weighted by atomic mass is 10.2. The third-order valence-electron chi connectivity index (χ3n) is 2.72. The lowest BCUT2D eigenvalue weighted by Crippen LogP contribution is -2.04. The van der Waals surface area contributed by atoms with Crippen molar-refractivity contribution in [2.24, 2.45) is 5.92 Å². The molecule has 0 aliphatic heterocycles. The first kappa shape index (κ1) is 11.8. The number of ether oxygens (including phenoxy) is 3. The van der Waals surface area contributed by atoms with Gasteiger partial charge in [-0.25, -0.2) is 4.79 Å². The molecule has 0 bridgehead atoms. The van der Waals surface area contributed by atoms with Crippen molar-refractivity contribution in [2.75, 3.05) is 20.8 Å². The van der Waals surface area contributed by atoms with Crippen molar-refractivity contribution in [3.63, 3.8) is 0 Å². The van der Waals surface area contributed by atoms with E-state index in [0.717, 1.165) is 0 Å². The van der Waals surface area contributed by atoms with E-state index in [4.69, 9.17) is 9.47 Å². The van der Waals surface area contributed by atoms with E-state index in [1.165, 1.54) is 20.0 Å². The Morgan fingerprint density at radius 1 is 1.24 bits per heavy atom. The number of esters is 1. The Kier molecular flexibility index (Phi) is 3.52. The fraction of sp³-hybridized carbons (Fsp3) is 0.462. The van der Waals surface area contributed by atoms with Crippen LogP contribution in [0.2, 0.25) is 0 Å². The zero-order valence-electron chi connectivity index (χ0n) is 10.1. The van der Waals surface area contributed by atoms with Crippen LogP contribution in [0.5, 0.6) is 11.5 Å². The van der Waals surface area contributed by atoms with E-state index < -0.39 is 0 Å². The van der Waals surface area contributed by atoms with Gasteiger partial charge in [0.25, 0.3) is 0 Å². The molecule has 0 heterocycles. The summed E-state index contributed by atoms with van der Waals surface area (Å²) in [6, 6.07) is 5.08. The van der Waals surface area contributed by atoms with Crippen molar-refractivity contribution >= 4 is 5.97 Å². The second kappa shape index (κ2) is 5.08. The minimum atomic E-state index is -0.389. The molecule has 0 N–H and O–H groups in total. The molecule has 0 saturated heterocycles. The summed E-state index contributed by atoms with van der Waals surface area (Å²) in [5.74, 6) is 1.53. The van der Waals surface area contributed by atoms with Crippen LogP contribution < -0.4 is 9.47 Å². The topological polar surface area (TPSA) is 44.8 Å².